The quantitative estimate of drug-likeness (QED) is 0.800. The van der Waals surface area contributed by atoms with Crippen molar-refractivity contribution in [3.63, 3.8) is 0 Å². The van der Waals surface area contributed by atoms with Gasteiger partial charge >= 0.3 is 0 Å². The summed E-state index contributed by atoms with van der Waals surface area (Å²) < 4.78 is 2.28. The standard InChI is InChI=1S/C20H29N5OS.ClH/c1-3-5-16-14(4-2)12-17(27-16)20(26)24-9-6-15(7-10-24)19-23-22-18-13-21-8-11-25(18)19;/h12,15,21H,3-11,13H2,1-2H3;1H. The Hall–Kier alpha value is -1.44. The van der Waals surface area contributed by atoms with Crippen LogP contribution in [-0.4, -0.2) is 45.2 Å². The number of carbonyl (C=O) groups is 1. The van der Waals surface area contributed by atoms with Crippen molar-refractivity contribution in [2.75, 3.05) is 19.6 Å². The number of amides is 1. The first-order chi connectivity index (χ1) is 13.2. The molecule has 1 N–H and O–H groups in total. The second-order valence-corrected chi connectivity index (χ2v) is 8.67. The molecule has 2 aromatic heterocycles. The molecule has 0 unspecified atom stereocenters. The largest absolute Gasteiger partial charge is 0.338 e. The van der Waals surface area contributed by atoms with Crippen LogP contribution in [0.15, 0.2) is 6.07 Å². The van der Waals surface area contributed by atoms with E-state index in [1.807, 2.05) is 4.90 Å². The van der Waals surface area contributed by atoms with Crippen LogP contribution >= 0.6 is 23.7 Å². The summed E-state index contributed by atoms with van der Waals surface area (Å²) in [6, 6.07) is 2.13. The van der Waals surface area contributed by atoms with E-state index in [9.17, 15) is 4.79 Å². The Morgan fingerprint density at radius 3 is 2.75 bits per heavy atom. The highest BCUT2D eigenvalue weighted by atomic mass is 35.5. The molecule has 4 rings (SSSR count). The van der Waals surface area contributed by atoms with Crippen molar-refractivity contribution >= 4 is 29.7 Å². The van der Waals surface area contributed by atoms with Crippen molar-refractivity contribution in [3.05, 3.63) is 33.0 Å². The number of nitrogens with zero attached hydrogens (tertiary/aromatic N) is 4. The number of carbonyl (C=O) groups excluding carboxylic acids is 1. The highest BCUT2D eigenvalue weighted by Gasteiger charge is 2.29. The second kappa shape index (κ2) is 9.37. The SMILES string of the molecule is CCCc1sc(C(=O)N2CCC(c3nnc4n3CCNC4)CC2)cc1CC.Cl. The number of hydrogen-bond donors (Lipinski definition) is 1. The van der Waals surface area contributed by atoms with Gasteiger partial charge in [-0.2, -0.15) is 0 Å². The zero-order valence-corrected chi connectivity index (χ0v) is 18.4. The van der Waals surface area contributed by atoms with Crippen LogP contribution in [0.2, 0.25) is 0 Å². The molecule has 1 amide bonds. The van der Waals surface area contributed by atoms with E-state index < -0.39 is 0 Å². The van der Waals surface area contributed by atoms with Crippen LogP contribution < -0.4 is 5.32 Å². The average Bonchev–Trinajstić information content (AvgIpc) is 3.32. The van der Waals surface area contributed by atoms with Gasteiger partial charge < -0.3 is 14.8 Å². The van der Waals surface area contributed by atoms with E-state index >= 15 is 0 Å². The Labute approximate surface area is 177 Å². The van der Waals surface area contributed by atoms with E-state index in [4.69, 9.17) is 0 Å². The number of halogens is 1. The van der Waals surface area contributed by atoms with Crippen LogP contribution in [0.5, 0.6) is 0 Å². The lowest BCUT2D eigenvalue weighted by Crippen LogP contribution is -2.38. The lowest BCUT2D eigenvalue weighted by molar-refractivity contribution is 0.0715. The smallest absolute Gasteiger partial charge is 0.263 e. The highest BCUT2D eigenvalue weighted by Crippen LogP contribution is 2.31. The van der Waals surface area contributed by atoms with Crippen LogP contribution in [0, 0.1) is 0 Å². The van der Waals surface area contributed by atoms with Gasteiger partial charge in [-0.1, -0.05) is 20.3 Å². The fourth-order valence-electron chi connectivity index (χ4n) is 4.22. The Morgan fingerprint density at radius 2 is 2.04 bits per heavy atom. The van der Waals surface area contributed by atoms with Gasteiger partial charge in [-0.25, -0.2) is 0 Å². The third-order valence-electron chi connectivity index (χ3n) is 5.76. The van der Waals surface area contributed by atoms with Crippen molar-refractivity contribution in [2.45, 2.75) is 65.0 Å². The lowest BCUT2D eigenvalue weighted by atomic mass is 9.95. The number of fused-ring (bicyclic) bond motifs is 1. The first-order valence-electron chi connectivity index (χ1n) is 10.2. The predicted molar refractivity (Wildman–Crippen MR) is 115 cm³/mol. The molecule has 28 heavy (non-hydrogen) atoms. The molecular formula is C20H30ClN5OS. The van der Waals surface area contributed by atoms with Crippen LogP contribution in [0.25, 0.3) is 0 Å². The van der Waals surface area contributed by atoms with Crippen molar-refractivity contribution < 1.29 is 4.79 Å². The zero-order valence-electron chi connectivity index (χ0n) is 16.7. The summed E-state index contributed by atoms with van der Waals surface area (Å²) in [5.74, 6) is 2.79. The van der Waals surface area contributed by atoms with E-state index in [0.717, 1.165) is 81.4 Å². The number of aryl methyl sites for hydroxylation is 2. The molecule has 0 bridgehead atoms. The van der Waals surface area contributed by atoms with Crippen LogP contribution in [0.1, 0.15) is 70.8 Å². The zero-order chi connectivity index (χ0) is 18.8. The minimum absolute atomic E-state index is 0. The third-order valence-corrected chi connectivity index (χ3v) is 6.99. The maximum atomic E-state index is 13.0. The minimum atomic E-state index is 0. The maximum Gasteiger partial charge on any atom is 0.263 e. The number of hydrogen-bond acceptors (Lipinski definition) is 5. The molecule has 154 valence electrons. The topological polar surface area (TPSA) is 63.1 Å². The van der Waals surface area contributed by atoms with Gasteiger partial charge in [-0.3, -0.25) is 4.79 Å². The molecule has 0 radical (unpaired) electrons. The fraction of sp³-hybridized carbons (Fsp3) is 0.650. The third kappa shape index (κ3) is 4.11. The van der Waals surface area contributed by atoms with E-state index in [2.05, 4.69) is 40.0 Å². The second-order valence-electron chi connectivity index (χ2n) is 7.53. The molecule has 0 spiro atoms. The van der Waals surface area contributed by atoms with E-state index in [1.54, 1.807) is 11.3 Å². The van der Waals surface area contributed by atoms with Crippen LogP contribution in [0.4, 0.5) is 0 Å². The van der Waals surface area contributed by atoms with E-state index in [1.165, 1.54) is 10.4 Å². The van der Waals surface area contributed by atoms with Crippen molar-refractivity contribution in [1.29, 1.82) is 0 Å². The number of thiophene rings is 1. The Kier molecular flexibility index (Phi) is 7.12. The molecule has 0 saturated carbocycles. The lowest BCUT2D eigenvalue weighted by Gasteiger charge is -2.31. The summed E-state index contributed by atoms with van der Waals surface area (Å²) in [6.45, 7) is 8.74. The molecule has 2 aliphatic rings. The Bertz CT molecular complexity index is 810. The molecule has 2 aliphatic heterocycles. The van der Waals surface area contributed by atoms with Gasteiger partial charge in [0.15, 0.2) is 0 Å². The van der Waals surface area contributed by atoms with Crippen molar-refractivity contribution in [2.24, 2.45) is 0 Å². The highest BCUT2D eigenvalue weighted by molar-refractivity contribution is 7.14. The normalized spacial score (nSPS) is 17.3. The summed E-state index contributed by atoms with van der Waals surface area (Å²) in [4.78, 5) is 17.3. The van der Waals surface area contributed by atoms with Gasteiger partial charge in [0.05, 0.1) is 11.4 Å². The van der Waals surface area contributed by atoms with Gasteiger partial charge in [0.25, 0.3) is 5.91 Å². The number of aromatic nitrogens is 3. The first kappa shape index (κ1) is 21.3. The number of rotatable bonds is 5. The molecule has 8 heteroatoms. The summed E-state index contributed by atoms with van der Waals surface area (Å²) in [5.41, 5.74) is 1.35. The van der Waals surface area contributed by atoms with E-state index in [-0.39, 0.29) is 18.3 Å². The molecule has 0 aliphatic carbocycles. The number of nitrogens with one attached hydrogen (secondary N) is 1. The molecule has 2 aromatic rings. The van der Waals surface area contributed by atoms with Crippen molar-refractivity contribution in [1.82, 2.24) is 25.0 Å². The molecule has 0 aromatic carbocycles. The minimum Gasteiger partial charge on any atom is -0.338 e. The Balaban J connectivity index is 0.00000225. The fourth-order valence-corrected chi connectivity index (χ4v) is 5.55. The van der Waals surface area contributed by atoms with Crippen LogP contribution in [0.3, 0.4) is 0 Å². The molecule has 1 saturated heterocycles. The average molecular weight is 424 g/mol. The van der Waals surface area contributed by atoms with E-state index in [0.29, 0.717) is 5.92 Å². The summed E-state index contributed by atoms with van der Waals surface area (Å²) >= 11 is 1.70. The first-order valence-corrected chi connectivity index (χ1v) is 11.1. The van der Waals surface area contributed by atoms with Gasteiger partial charge in [0, 0.05) is 37.0 Å². The monoisotopic (exact) mass is 423 g/mol. The van der Waals surface area contributed by atoms with Crippen LogP contribution in [-0.2, 0) is 25.9 Å². The molecule has 0 atom stereocenters. The van der Waals surface area contributed by atoms with Gasteiger partial charge in [-0.05, 0) is 37.3 Å². The summed E-state index contributed by atoms with van der Waals surface area (Å²) in [5, 5.41) is 12.2. The summed E-state index contributed by atoms with van der Waals surface area (Å²) in [6.07, 6.45) is 5.17. The number of likely N-dealkylation sites (tertiary alicyclic amines) is 1. The Morgan fingerprint density at radius 1 is 1.25 bits per heavy atom. The number of piperidine rings is 1. The van der Waals surface area contributed by atoms with Gasteiger partial charge in [0.1, 0.15) is 11.6 Å². The predicted octanol–water partition coefficient (Wildman–Crippen LogP) is 3.40. The maximum absolute atomic E-state index is 13.0. The molecule has 1 fully saturated rings. The molecule has 6 nitrogen and oxygen atoms in total. The molecular weight excluding hydrogens is 394 g/mol. The summed E-state index contributed by atoms with van der Waals surface area (Å²) in [7, 11) is 0. The van der Waals surface area contributed by atoms with Gasteiger partial charge in [0.2, 0.25) is 0 Å². The molecule has 4 heterocycles. The van der Waals surface area contributed by atoms with Gasteiger partial charge in [-0.15, -0.1) is 33.9 Å². The van der Waals surface area contributed by atoms with Crippen molar-refractivity contribution in [3.8, 4) is 0 Å².